The van der Waals surface area contributed by atoms with Gasteiger partial charge in [-0.2, -0.15) is 4.37 Å². The maximum Gasteiger partial charge on any atom is 0.254 e. The van der Waals surface area contributed by atoms with Crippen molar-refractivity contribution in [2.24, 2.45) is 0 Å². The molecule has 0 spiro atoms. The van der Waals surface area contributed by atoms with Gasteiger partial charge >= 0.3 is 0 Å². The minimum atomic E-state index is -0.0558. The van der Waals surface area contributed by atoms with Gasteiger partial charge in [-0.25, -0.2) is 0 Å². The molecule has 0 bridgehead atoms. The number of benzene rings is 1. The molecule has 100 valence electrons. The van der Waals surface area contributed by atoms with Crippen molar-refractivity contribution in [3.8, 4) is 5.75 Å². The summed E-state index contributed by atoms with van der Waals surface area (Å²) in [7, 11) is 1.65. The smallest absolute Gasteiger partial charge is 0.254 e. The molecule has 1 amide bonds. The predicted octanol–water partition coefficient (Wildman–Crippen LogP) is 2.43. The Morgan fingerprint density at radius 1 is 1.37 bits per heavy atom. The number of aryl methyl sites for hydroxylation is 1. The van der Waals surface area contributed by atoms with Crippen LogP contribution in [-0.2, 0) is 6.42 Å². The number of rotatable bonds is 5. The summed E-state index contributed by atoms with van der Waals surface area (Å²) in [5.41, 5.74) is 2.62. The average molecular weight is 276 g/mol. The third-order valence-corrected chi connectivity index (χ3v) is 3.57. The number of aromatic nitrogens is 1. The van der Waals surface area contributed by atoms with E-state index in [9.17, 15) is 4.79 Å². The highest BCUT2D eigenvalue weighted by Crippen LogP contribution is 2.12. The lowest BCUT2D eigenvalue weighted by Crippen LogP contribution is -2.25. The van der Waals surface area contributed by atoms with E-state index in [1.54, 1.807) is 12.5 Å². The maximum absolute atomic E-state index is 11.9. The number of methoxy groups -OCH3 is 1. The summed E-state index contributed by atoms with van der Waals surface area (Å²) in [6.07, 6.45) is 0.798. The van der Waals surface area contributed by atoms with Gasteiger partial charge in [-0.1, -0.05) is 12.1 Å². The van der Waals surface area contributed by atoms with Crippen LogP contribution in [-0.4, -0.2) is 23.9 Å². The number of nitrogens with zero attached hydrogens (tertiary/aromatic N) is 1. The monoisotopic (exact) mass is 276 g/mol. The van der Waals surface area contributed by atoms with E-state index in [2.05, 4.69) is 9.69 Å². The molecular formula is C14H16N2O2S. The Kier molecular flexibility index (Phi) is 4.52. The van der Waals surface area contributed by atoms with Gasteiger partial charge in [0.25, 0.3) is 5.91 Å². The van der Waals surface area contributed by atoms with Gasteiger partial charge < -0.3 is 10.1 Å². The average Bonchev–Trinajstić information content (AvgIpc) is 2.86. The zero-order valence-electron chi connectivity index (χ0n) is 11.0. The van der Waals surface area contributed by atoms with Crippen LogP contribution in [0, 0.1) is 6.92 Å². The molecule has 0 aliphatic heterocycles. The molecular weight excluding hydrogens is 260 g/mol. The van der Waals surface area contributed by atoms with Crippen LogP contribution in [0.5, 0.6) is 5.75 Å². The van der Waals surface area contributed by atoms with Crippen LogP contribution < -0.4 is 10.1 Å². The van der Waals surface area contributed by atoms with Crippen molar-refractivity contribution in [2.75, 3.05) is 13.7 Å². The van der Waals surface area contributed by atoms with Crippen LogP contribution in [0.25, 0.3) is 0 Å². The van der Waals surface area contributed by atoms with Crippen molar-refractivity contribution in [3.63, 3.8) is 0 Å². The number of carbonyl (C=O) groups excluding carboxylic acids is 1. The quantitative estimate of drug-likeness (QED) is 0.912. The van der Waals surface area contributed by atoms with Crippen molar-refractivity contribution in [2.45, 2.75) is 13.3 Å². The Labute approximate surface area is 116 Å². The topological polar surface area (TPSA) is 51.2 Å². The fourth-order valence-corrected chi connectivity index (χ4v) is 2.41. The Morgan fingerprint density at radius 3 is 2.68 bits per heavy atom. The van der Waals surface area contributed by atoms with Crippen molar-refractivity contribution in [1.82, 2.24) is 9.69 Å². The normalized spacial score (nSPS) is 10.2. The minimum Gasteiger partial charge on any atom is -0.497 e. The van der Waals surface area contributed by atoms with Crippen LogP contribution in [0.15, 0.2) is 29.6 Å². The van der Waals surface area contributed by atoms with Gasteiger partial charge in [0.1, 0.15) is 5.75 Å². The summed E-state index contributed by atoms with van der Waals surface area (Å²) < 4.78 is 9.19. The van der Waals surface area contributed by atoms with Crippen LogP contribution in [0.4, 0.5) is 0 Å². The van der Waals surface area contributed by atoms with E-state index in [0.29, 0.717) is 12.1 Å². The van der Waals surface area contributed by atoms with E-state index < -0.39 is 0 Å². The number of hydrogen-bond acceptors (Lipinski definition) is 4. The lowest BCUT2D eigenvalue weighted by molar-refractivity contribution is 0.0954. The molecule has 5 heteroatoms. The molecule has 0 aliphatic carbocycles. The van der Waals surface area contributed by atoms with Gasteiger partial charge in [0.2, 0.25) is 0 Å². The van der Waals surface area contributed by atoms with Gasteiger partial charge in [-0.3, -0.25) is 4.79 Å². The van der Waals surface area contributed by atoms with Crippen molar-refractivity contribution < 1.29 is 9.53 Å². The Bertz CT molecular complexity index is 549. The molecule has 4 nitrogen and oxygen atoms in total. The highest BCUT2D eigenvalue weighted by Gasteiger charge is 2.10. The largest absolute Gasteiger partial charge is 0.497 e. The zero-order chi connectivity index (χ0) is 13.7. The van der Waals surface area contributed by atoms with Crippen LogP contribution in [0.1, 0.15) is 21.6 Å². The summed E-state index contributed by atoms with van der Waals surface area (Å²) in [5.74, 6) is 0.785. The summed E-state index contributed by atoms with van der Waals surface area (Å²) in [4.78, 5) is 11.9. The second kappa shape index (κ2) is 6.33. The Balaban J connectivity index is 1.83. The first-order chi connectivity index (χ1) is 9.20. The number of ether oxygens (including phenoxy) is 1. The minimum absolute atomic E-state index is 0.0558. The second-order valence-electron chi connectivity index (χ2n) is 4.17. The van der Waals surface area contributed by atoms with Gasteiger partial charge in [0.15, 0.2) is 0 Å². The zero-order valence-corrected chi connectivity index (χ0v) is 11.8. The lowest BCUT2D eigenvalue weighted by Gasteiger charge is -2.05. The molecule has 0 radical (unpaired) electrons. The third-order valence-electron chi connectivity index (χ3n) is 2.85. The molecule has 0 aliphatic rings. The molecule has 19 heavy (non-hydrogen) atoms. The van der Waals surface area contributed by atoms with Crippen LogP contribution in [0.2, 0.25) is 0 Å². The van der Waals surface area contributed by atoms with Gasteiger partial charge in [0, 0.05) is 11.9 Å². The molecule has 1 heterocycles. The first kappa shape index (κ1) is 13.5. The number of amides is 1. The summed E-state index contributed by atoms with van der Waals surface area (Å²) >= 11 is 1.30. The SMILES string of the molecule is COc1ccc(CCNC(=O)c2csnc2C)cc1. The molecule has 1 aromatic heterocycles. The highest BCUT2D eigenvalue weighted by molar-refractivity contribution is 7.03. The molecule has 0 saturated heterocycles. The Morgan fingerprint density at radius 2 is 2.11 bits per heavy atom. The van der Waals surface area contributed by atoms with Crippen molar-refractivity contribution in [1.29, 1.82) is 0 Å². The summed E-state index contributed by atoms with van der Waals surface area (Å²) in [6.45, 7) is 2.45. The van der Waals surface area contributed by atoms with Gasteiger partial charge in [-0.15, -0.1) is 0 Å². The molecule has 1 aromatic carbocycles. The third kappa shape index (κ3) is 3.54. The van der Waals surface area contributed by atoms with E-state index in [4.69, 9.17) is 4.74 Å². The fraction of sp³-hybridized carbons (Fsp3) is 0.286. The van der Waals surface area contributed by atoms with Gasteiger partial charge in [-0.05, 0) is 42.6 Å². The molecule has 2 aromatic rings. The molecule has 0 unspecified atom stereocenters. The van der Waals surface area contributed by atoms with E-state index >= 15 is 0 Å². The highest BCUT2D eigenvalue weighted by atomic mass is 32.1. The van der Waals surface area contributed by atoms with E-state index in [1.807, 2.05) is 31.2 Å². The van der Waals surface area contributed by atoms with Crippen LogP contribution >= 0.6 is 11.5 Å². The Hall–Kier alpha value is -1.88. The second-order valence-corrected chi connectivity index (χ2v) is 4.80. The molecule has 0 fully saturated rings. The predicted molar refractivity (Wildman–Crippen MR) is 75.9 cm³/mol. The number of carbonyl (C=O) groups is 1. The first-order valence-electron chi connectivity index (χ1n) is 6.03. The van der Waals surface area contributed by atoms with Gasteiger partial charge in [0.05, 0.1) is 18.4 Å². The maximum atomic E-state index is 11.9. The first-order valence-corrected chi connectivity index (χ1v) is 6.86. The lowest BCUT2D eigenvalue weighted by atomic mass is 10.1. The fourth-order valence-electron chi connectivity index (χ4n) is 1.72. The van der Waals surface area contributed by atoms with Crippen molar-refractivity contribution in [3.05, 3.63) is 46.5 Å². The standard InChI is InChI=1S/C14H16N2O2S/c1-10-13(9-19-16-10)14(17)15-8-7-11-3-5-12(18-2)6-4-11/h3-6,9H,7-8H2,1-2H3,(H,15,17). The number of nitrogens with one attached hydrogen (secondary N) is 1. The van der Waals surface area contributed by atoms with E-state index in [0.717, 1.165) is 17.9 Å². The van der Waals surface area contributed by atoms with E-state index in [-0.39, 0.29) is 5.91 Å². The van der Waals surface area contributed by atoms with E-state index in [1.165, 1.54) is 17.1 Å². The molecule has 0 atom stereocenters. The summed E-state index contributed by atoms with van der Waals surface area (Å²) in [6, 6.07) is 7.85. The summed E-state index contributed by atoms with van der Waals surface area (Å²) in [5, 5.41) is 4.68. The van der Waals surface area contributed by atoms with Crippen LogP contribution in [0.3, 0.4) is 0 Å². The molecule has 2 rings (SSSR count). The molecule has 0 saturated carbocycles. The molecule has 1 N–H and O–H groups in total. The number of hydrogen-bond donors (Lipinski definition) is 1. The van der Waals surface area contributed by atoms with Crippen molar-refractivity contribution >= 4 is 17.4 Å².